The number of nitrogens with zero attached hydrogens (tertiary/aromatic N) is 2. The molecule has 3 nitrogen and oxygen atoms in total. The monoisotopic (exact) mass is 168 g/mol. The molecule has 1 saturated heterocycles. The van der Waals surface area contributed by atoms with E-state index in [2.05, 4.69) is 17.9 Å². The Balaban J connectivity index is 2.44. The fourth-order valence-electron chi connectivity index (χ4n) is 1.88. The molecule has 0 amide bonds. The van der Waals surface area contributed by atoms with Crippen LogP contribution in [0.2, 0.25) is 0 Å². The summed E-state index contributed by atoms with van der Waals surface area (Å²) < 4.78 is 0. The molecule has 0 bridgehead atoms. The molecular weight excluding hydrogens is 152 g/mol. The summed E-state index contributed by atoms with van der Waals surface area (Å²) in [4.78, 5) is 2.24. The van der Waals surface area contributed by atoms with E-state index in [-0.39, 0.29) is 6.61 Å². The van der Waals surface area contributed by atoms with Gasteiger partial charge in [0.05, 0.1) is 19.1 Å². The SMILES string of the molecule is CC(CC#N)N1CCC[C@@H]1CO. The number of aliphatic hydroxyl groups excluding tert-OH is 1. The van der Waals surface area contributed by atoms with Gasteiger partial charge in [0.1, 0.15) is 0 Å². The zero-order chi connectivity index (χ0) is 8.97. The lowest BCUT2D eigenvalue weighted by atomic mass is 10.2. The summed E-state index contributed by atoms with van der Waals surface area (Å²) in [6, 6.07) is 2.77. The van der Waals surface area contributed by atoms with Gasteiger partial charge in [-0.2, -0.15) is 5.26 Å². The van der Waals surface area contributed by atoms with Gasteiger partial charge in [0, 0.05) is 12.1 Å². The van der Waals surface area contributed by atoms with Crippen LogP contribution in [0.5, 0.6) is 0 Å². The summed E-state index contributed by atoms with van der Waals surface area (Å²) in [5.41, 5.74) is 0. The van der Waals surface area contributed by atoms with E-state index in [4.69, 9.17) is 10.4 Å². The van der Waals surface area contributed by atoms with Crippen molar-refractivity contribution in [1.82, 2.24) is 4.90 Å². The van der Waals surface area contributed by atoms with Crippen LogP contribution in [0.3, 0.4) is 0 Å². The molecule has 2 atom stereocenters. The Kier molecular flexibility index (Phi) is 3.51. The predicted molar refractivity (Wildman–Crippen MR) is 46.5 cm³/mol. The average Bonchev–Trinajstić information content (AvgIpc) is 2.51. The van der Waals surface area contributed by atoms with Gasteiger partial charge >= 0.3 is 0 Å². The van der Waals surface area contributed by atoms with Gasteiger partial charge in [-0.05, 0) is 26.3 Å². The van der Waals surface area contributed by atoms with Gasteiger partial charge in [-0.15, -0.1) is 0 Å². The zero-order valence-electron chi connectivity index (χ0n) is 7.53. The smallest absolute Gasteiger partial charge is 0.0638 e. The van der Waals surface area contributed by atoms with Crippen molar-refractivity contribution in [3.05, 3.63) is 0 Å². The Labute approximate surface area is 73.6 Å². The van der Waals surface area contributed by atoms with Crippen molar-refractivity contribution < 1.29 is 5.11 Å². The normalized spacial score (nSPS) is 26.9. The topological polar surface area (TPSA) is 47.3 Å². The van der Waals surface area contributed by atoms with Crippen LogP contribution in [0, 0.1) is 11.3 Å². The van der Waals surface area contributed by atoms with E-state index < -0.39 is 0 Å². The molecule has 1 heterocycles. The first-order chi connectivity index (χ1) is 5.79. The van der Waals surface area contributed by atoms with Gasteiger partial charge in [0.15, 0.2) is 0 Å². The Bertz CT molecular complexity index is 176. The Morgan fingerprint density at radius 2 is 2.50 bits per heavy atom. The highest BCUT2D eigenvalue weighted by atomic mass is 16.3. The van der Waals surface area contributed by atoms with Gasteiger partial charge in [0.2, 0.25) is 0 Å². The lowest BCUT2D eigenvalue weighted by Crippen LogP contribution is -2.39. The number of nitriles is 1. The quantitative estimate of drug-likeness (QED) is 0.676. The first-order valence-corrected chi connectivity index (χ1v) is 4.53. The van der Waals surface area contributed by atoms with E-state index in [9.17, 15) is 0 Å². The van der Waals surface area contributed by atoms with Crippen molar-refractivity contribution in [3.63, 3.8) is 0 Å². The molecule has 1 unspecified atom stereocenters. The standard InChI is InChI=1S/C9H16N2O/c1-8(4-5-10)11-6-2-3-9(11)7-12/h8-9,12H,2-4,6-7H2,1H3/t8?,9-/m1/s1. The third kappa shape index (κ3) is 1.96. The highest BCUT2D eigenvalue weighted by Gasteiger charge is 2.27. The van der Waals surface area contributed by atoms with Crippen molar-refractivity contribution in [1.29, 1.82) is 5.26 Å². The minimum atomic E-state index is 0.232. The molecule has 3 heteroatoms. The summed E-state index contributed by atoms with van der Waals surface area (Å²) >= 11 is 0. The molecule has 1 N–H and O–H groups in total. The molecule has 0 aliphatic carbocycles. The molecule has 0 aromatic heterocycles. The molecule has 1 fully saturated rings. The minimum Gasteiger partial charge on any atom is -0.395 e. The van der Waals surface area contributed by atoms with E-state index in [1.165, 1.54) is 0 Å². The maximum atomic E-state index is 9.03. The molecule has 0 aromatic rings. The molecular formula is C9H16N2O. The van der Waals surface area contributed by atoms with Crippen molar-refractivity contribution in [2.45, 2.75) is 38.3 Å². The molecule has 68 valence electrons. The zero-order valence-corrected chi connectivity index (χ0v) is 7.53. The predicted octanol–water partition coefficient (Wildman–Crippen LogP) is 0.745. The number of likely N-dealkylation sites (tertiary alicyclic amines) is 1. The number of aliphatic hydroxyl groups is 1. The van der Waals surface area contributed by atoms with Crippen molar-refractivity contribution in [2.24, 2.45) is 0 Å². The maximum Gasteiger partial charge on any atom is 0.0638 e. The van der Waals surface area contributed by atoms with Crippen LogP contribution < -0.4 is 0 Å². The Morgan fingerprint density at radius 1 is 1.75 bits per heavy atom. The van der Waals surface area contributed by atoms with Crippen LogP contribution >= 0.6 is 0 Å². The van der Waals surface area contributed by atoms with Gasteiger partial charge in [-0.25, -0.2) is 0 Å². The molecule has 0 saturated carbocycles. The lowest BCUT2D eigenvalue weighted by molar-refractivity contribution is 0.127. The average molecular weight is 168 g/mol. The largest absolute Gasteiger partial charge is 0.395 e. The molecule has 0 aromatic carbocycles. The van der Waals surface area contributed by atoms with Gasteiger partial charge < -0.3 is 5.11 Å². The number of hydrogen-bond acceptors (Lipinski definition) is 3. The molecule has 0 spiro atoms. The Morgan fingerprint density at radius 3 is 3.08 bits per heavy atom. The molecule has 1 aliphatic rings. The summed E-state index contributed by atoms with van der Waals surface area (Å²) in [6.07, 6.45) is 2.80. The van der Waals surface area contributed by atoms with Crippen molar-refractivity contribution >= 4 is 0 Å². The van der Waals surface area contributed by atoms with Crippen molar-refractivity contribution in [2.75, 3.05) is 13.2 Å². The van der Waals surface area contributed by atoms with Gasteiger partial charge in [-0.1, -0.05) is 0 Å². The summed E-state index contributed by atoms with van der Waals surface area (Å²) in [5.74, 6) is 0. The third-order valence-corrected chi connectivity index (χ3v) is 2.59. The lowest BCUT2D eigenvalue weighted by Gasteiger charge is -2.27. The molecule has 1 rings (SSSR count). The number of hydrogen-bond donors (Lipinski definition) is 1. The van der Waals surface area contributed by atoms with Crippen LogP contribution in [-0.2, 0) is 0 Å². The fourth-order valence-corrected chi connectivity index (χ4v) is 1.88. The van der Waals surface area contributed by atoms with Gasteiger partial charge in [-0.3, -0.25) is 4.90 Å². The van der Waals surface area contributed by atoms with E-state index in [1.807, 2.05) is 0 Å². The van der Waals surface area contributed by atoms with Crippen LogP contribution in [0.4, 0.5) is 0 Å². The van der Waals surface area contributed by atoms with Crippen LogP contribution in [0.15, 0.2) is 0 Å². The van der Waals surface area contributed by atoms with Crippen LogP contribution in [-0.4, -0.2) is 35.2 Å². The second-order valence-corrected chi connectivity index (χ2v) is 3.43. The third-order valence-electron chi connectivity index (χ3n) is 2.59. The minimum absolute atomic E-state index is 0.232. The van der Waals surface area contributed by atoms with E-state index in [0.717, 1.165) is 19.4 Å². The highest BCUT2D eigenvalue weighted by Crippen LogP contribution is 2.20. The fraction of sp³-hybridized carbons (Fsp3) is 0.889. The molecule has 12 heavy (non-hydrogen) atoms. The van der Waals surface area contributed by atoms with Crippen LogP contribution in [0.25, 0.3) is 0 Å². The van der Waals surface area contributed by atoms with E-state index in [1.54, 1.807) is 0 Å². The maximum absolute atomic E-state index is 9.03. The molecule has 1 aliphatic heterocycles. The number of rotatable bonds is 3. The Hall–Kier alpha value is -0.590. The first-order valence-electron chi connectivity index (χ1n) is 4.53. The van der Waals surface area contributed by atoms with Gasteiger partial charge in [0.25, 0.3) is 0 Å². The second-order valence-electron chi connectivity index (χ2n) is 3.43. The van der Waals surface area contributed by atoms with Crippen LogP contribution in [0.1, 0.15) is 26.2 Å². The van der Waals surface area contributed by atoms with E-state index in [0.29, 0.717) is 18.5 Å². The highest BCUT2D eigenvalue weighted by molar-refractivity contribution is 4.87. The molecule has 0 radical (unpaired) electrons. The first kappa shape index (κ1) is 9.50. The summed E-state index contributed by atoms with van der Waals surface area (Å²) in [7, 11) is 0. The summed E-state index contributed by atoms with van der Waals surface area (Å²) in [5, 5.41) is 17.5. The second kappa shape index (κ2) is 4.44. The summed E-state index contributed by atoms with van der Waals surface area (Å²) in [6.45, 7) is 3.32. The van der Waals surface area contributed by atoms with Crippen molar-refractivity contribution in [3.8, 4) is 6.07 Å². The van der Waals surface area contributed by atoms with E-state index >= 15 is 0 Å².